The lowest BCUT2D eigenvalue weighted by atomic mass is 9.84. The second kappa shape index (κ2) is 9.49. The number of anilines is 1. The van der Waals surface area contributed by atoms with Crippen LogP contribution < -0.4 is 10.6 Å². The van der Waals surface area contributed by atoms with Gasteiger partial charge in [-0.3, -0.25) is 4.79 Å². The molecule has 0 bridgehead atoms. The van der Waals surface area contributed by atoms with Crippen molar-refractivity contribution >= 4 is 28.3 Å². The normalized spacial score (nSPS) is 14.9. The first-order chi connectivity index (χ1) is 16.7. The molecule has 1 fully saturated rings. The number of carbonyl (C=O) groups is 2. The van der Waals surface area contributed by atoms with E-state index >= 15 is 0 Å². The van der Waals surface area contributed by atoms with Crippen molar-refractivity contribution in [3.05, 3.63) is 114 Å². The molecule has 4 aromatic rings. The van der Waals surface area contributed by atoms with E-state index < -0.39 is 11.6 Å². The van der Waals surface area contributed by atoms with Crippen LogP contribution in [0.2, 0.25) is 0 Å². The maximum atomic E-state index is 13.5. The third kappa shape index (κ3) is 4.30. The molecule has 1 amide bonds. The SMILES string of the molecule is O=C(Nc1cccc2ccccc12)c1ccccc1C(=O)OC1(c2ccccc2)CCNCC1. The standard InChI is InChI=1S/C29H26N2O3/c32-27(31-26-16-8-10-21-9-4-5-13-23(21)26)24-14-6-7-15-25(24)28(33)34-29(17-19-30-20-18-29)22-11-2-1-3-12-22/h1-16,30H,17-20H2,(H,31,32). The Morgan fingerprint density at radius 2 is 1.38 bits per heavy atom. The van der Waals surface area contributed by atoms with Crippen molar-refractivity contribution < 1.29 is 14.3 Å². The van der Waals surface area contributed by atoms with Crippen LogP contribution in [0.15, 0.2) is 97.1 Å². The van der Waals surface area contributed by atoms with Gasteiger partial charge in [0.1, 0.15) is 5.60 Å². The average Bonchev–Trinajstić information content (AvgIpc) is 2.90. The van der Waals surface area contributed by atoms with Crippen molar-refractivity contribution in [2.24, 2.45) is 0 Å². The minimum Gasteiger partial charge on any atom is -0.450 e. The molecule has 0 atom stereocenters. The Kier molecular flexibility index (Phi) is 6.11. The topological polar surface area (TPSA) is 67.4 Å². The van der Waals surface area contributed by atoms with Crippen LogP contribution in [0, 0.1) is 0 Å². The molecular weight excluding hydrogens is 424 g/mol. The highest BCUT2D eigenvalue weighted by atomic mass is 16.6. The lowest BCUT2D eigenvalue weighted by Gasteiger charge is -2.37. The molecule has 1 saturated heterocycles. The molecule has 170 valence electrons. The predicted octanol–water partition coefficient (Wildman–Crippen LogP) is 5.53. The fourth-order valence-electron chi connectivity index (χ4n) is 4.64. The minimum atomic E-state index is -0.719. The van der Waals surface area contributed by atoms with E-state index in [-0.39, 0.29) is 17.0 Å². The molecule has 0 spiro atoms. The van der Waals surface area contributed by atoms with Crippen molar-refractivity contribution in [1.82, 2.24) is 5.32 Å². The summed E-state index contributed by atoms with van der Waals surface area (Å²) in [5.41, 5.74) is 1.50. The molecule has 0 saturated carbocycles. The highest BCUT2D eigenvalue weighted by Gasteiger charge is 2.38. The molecule has 34 heavy (non-hydrogen) atoms. The van der Waals surface area contributed by atoms with Crippen LogP contribution in [0.4, 0.5) is 5.69 Å². The van der Waals surface area contributed by atoms with E-state index in [2.05, 4.69) is 10.6 Å². The Morgan fingerprint density at radius 3 is 2.18 bits per heavy atom. The molecule has 0 unspecified atom stereocenters. The highest BCUT2D eigenvalue weighted by molar-refractivity contribution is 6.13. The lowest BCUT2D eigenvalue weighted by molar-refractivity contribution is -0.0379. The summed E-state index contributed by atoms with van der Waals surface area (Å²) < 4.78 is 6.20. The lowest BCUT2D eigenvalue weighted by Crippen LogP contribution is -2.43. The van der Waals surface area contributed by atoms with Gasteiger partial charge >= 0.3 is 5.97 Å². The molecule has 4 aromatic carbocycles. The molecule has 5 heteroatoms. The molecule has 5 nitrogen and oxygen atoms in total. The zero-order chi connectivity index (χ0) is 23.4. The van der Waals surface area contributed by atoms with E-state index in [0.29, 0.717) is 18.5 Å². The Bertz CT molecular complexity index is 1320. The summed E-state index contributed by atoms with van der Waals surface area (Å²) in [7, 11) is 0. The first kappa shape index (κ1) is 21.9. The van der Waals surface area contributed by atoms with Crippen LogP contribution in [-0.4, -0.2) is 25.0 Å². The van der Waals surface area contributed by atoms with Gasteiger partial charge < -0.3 is 15.4 Å². The predicted molar refractivity (Wildman–Crippen MR) is 134 cm³/mol. The molecule has 0 radical (unpaired) electrons. The Balaban J connectivity index is 1.44. The van der Waals surface area contributed by atoms with Gasteiger partial charge in [0.2, 0.25) is 0 Å². The minimum absolute atomic E-state index is 0.258. The van der Waals surface area contributed by atoms with Crippen molar-refractivity contribution in [2.45, 2.75) is 18.4 Å². The fourth-order valence-corrected chi connectivity index (χ4v) is 4.64. The zero-order valence-electron chi connectivity index (χ0n) is 18.8. The van der Waals surface area contributed by atoms with Gasteiger partial charge in [0.05, 0.1) is 11.1 Å². The summed E-state index contributed by atoms with van der Waals surface area (Å²) in [5, 5.41) is 8.30. The van der Waals surface area contributed by atoms with Gasteiger partial charge in [0.25, 0.3) is 5.91 Å². The number of benzene rings is 4. The van der Waals surface area contributed by atoms with Crippen molar-refractivity contribution in [1.29, 1.82) is 0 Å². The number of amides is 1. The number of esters is 1. The third-order valence-corrected chi connectivity index (χ3v) is 6.43. The number of ether oxygens (including phenoxy) is 1. The first-order valence-electron chi connectivity index (χ1n) is 11.5. The van der Waals surface area contributed by atoms with E-state index in [1.165, 1.54) is 0 Å². The summed E-state index contributed by atoms with van der Waals surface area (Å²) in [5.74, 6) is -0.836. The number of hydrogen-bond donors (Lipinski definition) is 2. The smallest absolute Gasteiger partial charge is 0.339 e. The number of piperidine rings is 1. The summed E-state index contributed by atoms with van der Waals surface area (Å²) >= 11 is 0. The van der Waals surface area contributed by atoms with Crippen LogP contribution in [0.25, 0.3) is 10.8 Å². The summed E-state index contributed by atoms with van der Waals surface area (Å²) in [6.07, 6.45) is 1.35. The molecule has 1 aliphatic heterocycles. The zero-order valence-corrected chi connectivity index (χ0v) is 18.8. The fraction of sp³-hybridized carbons (Fsp3) is 0.172. The van der Waals surface area contributed by atoms with E-state index in [4.69, 9.17) is 4.74 Å². The summed E-state index contributed by atoms with van der Waals surface area (Å²) in [6, 6.07) is 30.3. The molecule has 5 rings (SSSR count). The molecule has 0 aliphatic carbocycles. The first-order valence-corrected chi connectivity index (χ1v) is 11.5. The van der Waals surface area contributed by atoms with E-state index in [1.54, 1.807) is 24.3 Å². The van der Waals surface area contributed by atoms with E-state index in [9.17, 15) is 9.59 Å². The van der Waals surface area contributed by atoms with Crippen LogP contribution in [0.1, 0.15) is 39.1 Å². The highest BCUT2D eigenvalue weighted by Crippen LogP contribution is 2.36. The maximum Gasteiger partial charge on any atom is 0.339 e. The Hall–Kier alpha value is -3.96. The number of fused-ring (bicyclic) bond motifs is 1. The van der Waals surface area contributed by atoms with Crippen LogP contribution in [0.3, 0.4) is 0 Å². The monoisotopic (exact) mass is 450 g/mol. The maximum absolute atomic E-state index is 13.5. The Labute approximate surface area is 198 Å². The molecule has 0 aromatic heterocycles. The Morgan fingerprint density at radius 1 is 0.735 bits per heavy atom. The molecular formula is C29H26N2O3. The number of carbonyl (C=O) groups excluding carboxylic acids is 2. The van der Waals surface area contributed by atoms with Crippen molar-refractivity contribution in [3.63, 3.8) is 0 Å². The van der Waals surface area contributed by atoms with Crippen LogP contribution in [-0.2, 0) is 10.3 Å². The molecule has 2 N–H and O–H groups in total. The van der Waals surface area contributed by atoms with Crippen molar-refractivity contribution in [2.75, 3.05) is 18.4 Å². The quantitative estimate of drug-likeness (QED) is 0.393. The van der Waals surface area contributed by atoms with Gasteiger partial charge in [-0.1, -0.05) is 78.9 Å². The van der Waals surface area contributed by atoms with Gasteiger partial charge in [-0.2, -0.15) is 0 Å². The average molecular weight is 451 g/mol. The summed E-state index contributed by atoms with van der Waals surface area (Å²) in [4.78, 5) is 26.8. The van der Waals surface area contributed by atoms with Gasteiger partial charge in [-0.05, 0) is 42.2 Å². The van der Waals surface area contributed by atoms with Gasteiger partial charge in [0.15, 0.2) is 0 Å². The van der Waals surface area contributed by atoms with Crippen molar-refractivity contribution in [3.8, 4) is 0 Å². The van der Waals surface area contributed by atoms with E-state index in [1.807, 2.05) is 72.8 Å². The number of hydrogen-bond acceptors (Lipinski definition) is 4. The number of nitrogens with one attached hydrogen (secondary N) is 2. The van der Waals surface area contributed by atoms with Crippen LogP contribution >= 0.6 is 0 Å². The molecule has 1 heterocycles. The summed E-state index contributed by atoms with van der Waals surface area (Å²) in [6.45, 7) is 1.51. The van der Waals surface area contributed by atoms with Gasteiger partial charge in [0, 0.05) is 23.9 Å². The van der Waals surface area contributed by atoms with Gasteiger partial charge in [-0.15, -0.1) is 0 Å². The molecule has 1 aliphatic rings. The third-order valence-electron chi connectivity index (χ3n) is 6.43. The largest absolute Gasteiger partial charge is 0.450 e. The van der Waals surface area contributed by atoms with Crippen LogP contribution in [0.5, 0.6) is 0 Å². The van der Waals surface area contributed by atoms with Gasteiger partial charge in [-0.25, -0.2) is 4.79 Å². The second-order valence-corrected chi connectivity index (χ2v) is 8.53. The van der Waals surface area contributed by atoms with E-state index in [0.717, 1.165) is 29.4 Å². The second-order valence-electron chi connectivity index (χ2n) is 8.53. The number of rotatable bonds is 5.